The average Bonchev–Trinajstić information content (AvgIpc) is 2.67. The van der Waals surface area contributed by atoms with Crippen LogP contribution in [-0.4, -0.2) is 18.1 Å². The first-order valence-electron chi connectivity index (χ1n) is 6.66. The van der Waals surface area contributed by atoms with Crippen LogP contribution in [0.2, 0.25) is 0 Å². The molecule has 0 radical (unpaired) electrons. The number of rotatable bonds is 3. The monoisotopic (exact) mass is 270 g/mol. The van der Waals surface area contributed by atoms with Gasteiger partial charge in [-0.25, -0.2) is 9.37 Å². The Hall–Kier alpha value is -0.830. The van der Waals surface area contributed by atoms with E-state index in [0.29, 0.717) is 17.4 Å². The number of hydrogen-bond donors (Lipinski definition) is 0. The van der Waals surface area contributed by atoms with Crippen LogP contribution < -0.4 is 4.90 Å². The van der Waals surface area contributed by atoms with E-state index >= 15 is 0 Å². The Balaban J connectivity index is 2.19. The van der Waals surface area contributed by atoms with Crippen molar-refractivity contribution in [2.45, 2.75) is 50.4 Å². The third kappa shape index (κ3) is 2.94. The molecule has 4 heteroatoms. The minimum atomic E-state index is -0.265. The van der Waals surface area contributed by atoms with Crippen LogP contribution in [-0.2, 0) is 5.88 Å². The molecule has 2 rings (SSSR count). The molecule has 1 fully saturated rings. The highest BCUT2D eigenvalue weighted by Crippen LogP contribution is 2.27. The summed E-state index contributed by atoms with van der Waals surface area (Å²) in [4.78, 5) is 6.18. The second-order valence-corrected chi connectivity index (χ2v) is 5.26. The smallest absolute Gasteiger partial charge is 0.170 e. The second kappa shape index (κ2) is 6.37. The summed E-state index contributed by atoms with van der Waals surface area (Å²) < 4.78 is 14.2. The average molecular weight is 271 g/mol. The Labute approximate surface area is 113 Å². The van der Waals surface area contributed by atoms with Crippen LogP contribution in [0.25, 0.3) is 0 Å². The number of alkyl halides is 1. The molecule has 100 valence electrons. The summed E-state index contributed by atoms with van der Waals surface area (Å²) in [5.74, 6) is 0.374. The first-order valence-corrected chi connectivity index (χ1v) is 7.19. The molecule has 1 aliphatic rings. The molecule has 0 aliphatic heterocycles. The largest absolute Gasteiger partial charge is 0.354 e. The van der Waals surface area contributed by atoms with Gasteiger partial charge in [-0.2, -0.15) is 0 Å². The molecule has 1 aromatic rings. The fraction of sp³-hybridized carbons (Fsp3) is 0.643. The van der Waals surface area contributed by atoms with Crippen molar-refractivity contribution in [1.82, 2.24) is 4.98 Å². The molecule has 0 bridgehead atoms. The highest BCUT2D eigenvalue weighted by molar-refractivity contribution is 6.17. The van der Waals surface area contributed by atoms with E-state index in [1.165, 1.54) is 25.7 Å². The van der Waals surface area contributed by atoms with Crippen molar-refractivity contribution >= 4 is 17.4 Å². The number of anilines is 1. The van der Waals surface area contributed by atoms with E-state index in [0.717, 1.165) is 12.8 Å². The zero-order valence-electron chi connectivity index (χ0n) is 10.8. The topological polar surface area (TPSA) is 16.1 Å². The number of aromatic nitrogens is 1. The van der Waals surface area contributed by atoms with Crippen molar-refractivity contribution in [2.75, 3.05) is 11.9 Å². The summed E-state index contributed by atoms with van der Waals surface area (Å²) in [7, 11) is 1.94. The van der Waals surface area contributed by atoms with Crippen molar-refractivity contribution in [3.8, 4) is 0 Å². The first-order chi connectivity index (χ1) is 8.74. The van der Waals surface area contributed by atoms with Crippen LogP contribution in [0.5, 0.6) is 0 Å². The number of nitrogens with zero attached hydrogens (tertiary/aromatic N) is 2. The molecular weight excluding hydrogens is 251 g/mol. The lowest BCUT2D eigenvalue weighted by atomic mass is 10.1. The Bertz CT molecular complexity index is 389. The molecule has 0 unspecified atom stereocenters. The number of pyridine rings is 1. The van der Waals surface area contributed by atoms with Gasteiger partial charge in [0.1, 0.15) is 0 Å². The molecule has 0 atom stereocenters. The molecule has 0 spiro atoms. The van der Waals surface area contributed by atoms with E-state index in [-0.39, 0.29) is 11.7 Å². The highest BCUT2D eigenvalue weighted by Gasteiger charge is 2.21. The molecule has 1 saturated carbocycles. The van der Waals surface area contributed by atoms with Gasteiger partial charge in [0.15, 0.2) is 11.6 Å². The first kappa shape index (κ1) is 13.6. The Morgan fingerprint density at radius 3 is 2.61 bits per heavy atom. The van der Waals surface area contributed by atoms with Gasteiger partial charge in [0.2, 0.25) is 0 Å². The summed E-state index contributed by atoms with van der Waals surface area (Å²) in [6.45, 7) is 0. The summed E-state index contributed by atoms with van der Waals surface area (Å²) in [5.41, 5.74) is 0.530. The van der Waals surface area contributed by atoms with Crippen LogP contribution in [0.3, 0.4) is 0 Å². The van der Waals surface area contributed by atoms with Gasteiger partial charge in [-0.1, -0.05) is 25.7 Å². The maximum absolute atomic E-state index is 14.2. The molecule has 0 amide bonds. The van der Waals surface area contributed by atoms with E-state index in [9.17, 15) is 4.39 Å². The fourth-order valence-corrected chi connectivity index (χ4v) is 2.84. The van der Waals surface area contributed by atoms with Crippen LogP contribution in [0, 0.1) is 5.82 Å². The zero-order valence-corrected chi connectivity index (χ0v) is 11.6. The lowest BCUT2D eigenvalue weighted by molar-refractivity contribution is 0.529. The maximum atomic E-state index is 14.2. The third-order valence-corrected chi connectivity index (χ3v) is 4.09. The Morgan fingerprint density at radius 2 is 2.00 bits per heavy atom. The molecule has 0 saturated heterocycles. The van der Waals surface area contributed by atoms with Gasteiger partial charge in [-0.15, -0.1) is 11.6 Å². The Morgan fingerprint density at radius 1 is 1.33 bits per heavy atom. The molecule has 18 heavy (non-hydrogen) atoms. The van der Waals surface area contributed by atoms with Crippen LogP contribution in [0.15, 0.2) is 12.3 Å². The van der Waals surface area contributed by atoms with Crippen LogP contribution in [0.1, 0.15) is 44.1 Å². The van der Waals surface area contributed by atoms with Gasteiger partial charge in [0.25, 0.3) is 0 Å². The van der Waals surface area contributed by atoms with E-state index in [2.05, 4.69) is 4.98 Å². The van der Waals surface area contributed by atoms with Crippen molar-refractivity contribution in [3.05, 3.63) is 23.6 Å². The number of halogens is 2. The highest BCUT2D eigenvalue weighted by atomic mass is 35.5. The van der Waals surface area contributed by atoms with Gasteiger partial charge >= 0.3 is 0 Å². The second-order valence-electron chi connectivity index (χ2n) is 5.00. The summed E-state index contributed by atoms with van der Waals surface area (Å²) >= 11 is 5.73. The van der Waals surface area contributed by atoms with E-state index in [4.69, 9.17) is 11.6 Å². The molecule has 1 aliphatic carbocycles. The molecule has 1 aromatic heterocycles. The van der Waals surface area contributed by atoms with Gasteiger partial charge in [-0.05, 0) is 18.9 Å². The van der Waals surface area contributed by atoms with Crippen molar-refractivity contribution in [2.24, 2.45) is 0 Å². The maximum Gasteiger partial charge on any atom is 0.170 e. The predicted octanol–water partition coefficient (Wildman–Crippen LogP) is 4.12. The lowest BCUT2D eigenvalue weighted by Gasteiger charge is -2.28. The van der Waals surface area contributed by atoms with E-state index in [1.54, 1.807) is 12.3 Å². The standard InChI is InChI=1S/C14H20ClFN2/c1-18(12-6-4-2-3-5-7-12)14-13(16)11(10-15)8-9-17-14/h8-9,12H,2-7,10H2,1H3. The van der Waals surface area contributed by atoms with E-state index < -0.39 is 0 Å². The van der Waals surface area contributed by atoms with Crippen LogP contribution in [0.4, 0.5) is 10.2 Å². The van der Waals surface area contributed by atoms with Gasteiger partial charge in [-0.3, -0.25) is 0 Å². The molecule has 1 heterocycles. The lowest BCUT2D eigenvalue weighted by Crippen LogP contribution is -2.32. The molecule has 0 N–H and O–H groups in total. The Kier molecular flexibility index (Phi) is 4.81. The van der Waals surface area contributed by atoms with Crippen molar-refractivity contribution in [1.29, 1.82) is 0 Å². The normalized spacial score (nSPS) is 17.5. The fourth-order valence-electron chi connectivity index (χ4n) is 2.64. The van der Waals surface area contributed by atoms with Crippen molar-refractivity contribution in [3.63, 3.8) is 0 Å². The molecule has 2 nitrogen and oxygen atoms in total. The van der Waals surface area contributed by atoms with Crippen molar-refractivity contribution < 1.29 is 4.39 Å². The number of hydrogen-bond acceptors (Lipinski definition) is 2. The summed E-state index contributed by atoms with van der Waals surface area (Å²) in [5, 5.41) is 0. The molecule has 0 aromatic carbocycles. The predicted molar refractivity (Wildman–Crippen MR) is 73.6 cm³/mol. The van der Waals surface area contributed by atoms with E-state index in [1.807, 2.05) is 11.9 Å². The van der Waals surface area contributed by atoms with Crippen LogP contribution >= 0.6 is 11.6 Å². The van der Waals surface area contributed by atoms with Gasteiger partial charge < -0.3 is 4.90 Å². The SMILES string of the molecule is CN(c1nccc(CCl)c1F)C1CCCCCC1. The third-order valence-electron chi connectivity index (χ3n) is 3.80. The zero-order chi connectivity index (χ0) is 13.0. The summed E-state index contributed by atoms with van der Waals surface area (Å²) in [6.07, 6.45) is 8.94. The van der Waals surface area contributed by atoms with Gasteiger partial charge in [0.05, 0.1) is 5.88 Å². The minimum absolute atomic E-state index is 0.194. The van der Waals surface area contributed by atoms with Gasteiger partial charge in [0, 0.05) is 24.8 Å². The minimum Gasteiger partial charge on any atom is -0.354 e. The summed E-state index contributed by atoms with van der Waals surface area (Å²) in [6, 6.07) is 2.05. The quantitative estimate of drug-likeness (QED) is 0.607. The molecular formula is C14H20ClFN2.